The summed E-state index contributed by atoms with van der Waals surface area (Å²) in [5, 5.41) is 11.8. The third-order valence-corrected chi connectivity index (χ3v) is 12.5. The van der Waals surface area contributed by atoms with Gasteiger partial charge in [0.1, 0.15) is 0 Å². The minimum absolute atomic E-state index is 0.618. The van der Waals surface area contributed by atoms with Gasteiger partial charge in [-0.25, -0.2) is 15.0 Å². The van der Waals surface area contributed by atoms with Gasteiger partial charge in [-0.15, -0.1) is 0 Å². The van der Waals surface area contributed by atoms with Crippen molar-refractivity contribution in [3.8, 4) is 45.5 Å². The topological polar surface area (TPSA) is 48.5 Å². The normalized spacial score (nSPS) is 11.9. The van der Waals surface area contributed by atoms with E-state index in [1.54, 1.807) is 0 Å². The average molecular weight is 790 g/mol. The fraction of sp³-hybridized carbons (Fsp3) is 0. The molecule has 288 valence electrons. The summed E-state index contributed by atoms with van der Waals surface area (Å²) < 4.78 is 4.76. The van der Waals surface area contributed by atoms with Gasteiger partial charge >= 0.3 is 0 Å². The Bertz CT molecular complexity index is 3930. The zero-order valence-corrected chi connectivity index (χ0v) is 33.4. The van der Waals surface area contributed by atoms with E-state index in [4.69, 9.17) is 15.0 Å². The number of hydrogen-bond acceptors (Lipinski definition) is 3. The number of hydrogen-bond donors (Lipinski definition) is 0. The van der Waals surface area contributed by atoms with E-state index in [-0.39, 0.29) is 0 Å². The molecule has 0 spiro atoms. The monoisotopic (exact) mass is 789 g/mol. The molecule has 62 heavy (non-hydrogen) atoms. The second kappa shape index (κ2) is 13.6. The van der Waals surface area contributed by atoms with Crippen molar-refractivity contribution in [2.75, 3.05) is 0 Å². The lowest BCUT2D eigenvalue weighted by Gasteiger charge is -2.15. The lowest BCUT2D eigenvalue weighted by atomic mass is 10.0. The second-order valence-corrected chi connectivity index (χ2v) is 16.0. The van der Waals surface area contributed by atoms with E-state index in [1.165, 1.54) is 48.7 Å². The number of para-hydroxylation sites is 3. The van der Waals surface area contributed by atoms with Crippen LogP contribution in [-0.4, -0.2) is 24.1 Å². The smallest absolute Gasteiger partial charge is 0.164 e. The number of rotatable bonds is 5. The summed E-state index contributed by atoms with van der Waals surface area (Å²) in [6, 6.07) is 75.7. The van der Waals surface area contributed by atoms with Crippen LogP contribution < -0.4 is 0 Å². The fourth-order valence-corrected chi connectivity index (χ4v) is 9.64. The van der Waals surface area contributed by atoms with Gasteiger partial charge in [0.2, 0.25) is 0 Å². The number of fused-ring (bicyclic) bond motifs is 9. The van der Waals surface area contributed by atoms with Crippen molar-refractivity contribution in [3.63, 3.8) is 0 Å². The van der Waals surface area contributed by atoms with E-state index in [2.05, 4.69) is 221 Å². The predicted octanol–water partition coefficient (Wildman–Crippen LogP) is 14.5. The summed E-state index contributed by atoms with van der Waals surface area (Å²) in [7, 11) is 0. The Morgan fingerprint density at radius 2 is 0.790 bits per heavy atom. The summed E-state index contributed by atoms with van der Waals surface area (Å²) in [6.45, 7) is 0. The van der Waals surface area contributed by atoms with Gasteiger partial charge < -0.3 is 9.13 Å². The van der Waals surface area contributed by atoms with Crippen LogP contribution in [0.3, 0.4) is 0 Å². The van der Waals surface area contributed by atoms with E-state index in [0.717, 1.165) is 55.3 Å². The SMILES string of the molecule is c1ccc(-n2c3ccccc3c3ccc(-c4nc(-c5ccc6ccccc6c5)nc(-c5ccc(-n6c7ccccc7c7cc8ccccc8cc76)c6ccccc56)n4)cc32)cc1. The minimum Gasteiger partial charge on any atom is -0.309 e. The summed E-state index contributed by atoms with van der Waals surface area (Å²) >= 11 is 0. The highest BCUT2D eigenvalue weighted by Crippen LogP contribution is 2.40. The molecule has 0 saturated heterocycles. The van der Waals surface area contributed by atoms with Gasteiger partial charge in [0.05, 0.1) is 27.8 Å². The van der Waals surface area contributed by atoms with E-state index in [0.29, 0.717) is 17.5 Å². The van der Waals surface area contributed by atoms with Crippen LogP contribution in [0.5, 0.6) is 0 Å². The lowest BCUT2D eigenvalue weighted by molar-refractivity contribution is 1.08. The van der Waals surface area contributed by atoms with Gasteiger partial charge in [0.25, 0.3) is 0 Å². The molecule has 13 aromatic rings. The maximum Gasteiger partial charge on any atom is 0.164 e. The Morgan fingerprint density at radius 3 is 1.55 bits per heavy atom. The van der Waals surface area contributed by atoms with Crippen molar-refractivity contribution in [1.29, 1.82) is 0 Å². The standard InChI is InChI=1S/C57H35N5/c1-2-18-42(19-3-1)61-50-24-12-10-22-45(50)47-29-28-41(35-53(47)61)56-58-55(40-27-26-36-14-4-5-15-37(36)32-40)59-57(60-56)48-30-31-52(44-21-9-8-20-43(44)48)62-51-25-13-11-23-46(51)49-33-38-16-6-7-17-39(38)34-54(49)62/h1-35H. The molecule has 3 heterocycles. The summed E-state index contributed by atoms with van der Waals surface area (Å²) in [4.78, 5) is 15.9. The van der Waals surface area contributed by atoms with Gasteiger partial charge in [-0.1, -0.05) is 152 Å². The Labute approximate surface area is 356 Å². The number of nitrogens with zero attached hydrogens (tertiary/aromatic N) is 5. The molecule has 0 saturated carbocycles. The van der Waals surface area contributed by atoms with Gasteiger partial charge in [-0.3, -0.25) is 0 Å². The molecule has 0 aliphatic rings. The molecule has 3 aromatic heterocycles. The van der Waals surface area contributed by atoms with E-state index < -0.39 is 0 Å². The zero-order chi connectivity index (χ0) is 40.7. The van der Waals surface area contributed by atoms with Crippen molar-refractivity contribution in [2.45, 2.75) is 0 Å². The van der Waals surface area contributed by atoms with Crippen LogP contribution >= 0.6 is 0 Å². The fourth-order valence-electron chi connectivity index (χ4n) is 9.64. The molecule has 5 heteroatoms. The molecule has 0 aliphatic carbocycles. The molecular formula is C57H35N5. The van der Waals surface area contributed by atoms with Crippen molar-refractivity contribution >= 4 is 75.9 Å². The Hall–Kier alpha value is -8.41. The van der Waals surface area contributed by atoms with Gasteiger partial charge in [0.15, 0.2) is 17.5 Å². The predicted molar refractivity (Wildman–Crippen MR) is 257 cm³/mol. The third kappa shape index (κ3) is 5.32. The molecule has 0 radical (unpaired) electrons. The number of benzene rings is 10. The van der Waals surface area contributed by atoms with Crippen LogP contribution in [0.4, 0.5) is 0 Å². The largest absolute Gasteiger partial charge is 0.309 e. The Morgan fingerprint density at radius 1 is 0.274 bits per heavy atom. The van der Waals surface area contributed by atoms with Crippen LogP contribution in [-0.2, 0) is 0 Å². The quantitative estimate of drug-likeness (QED) is 0.174. The van der Waals surface area contributed by atoms with Crippen LogP contribution in [0.2, 0.25) is 0 Å². The molecule has 0 bridgehead atoms. The van der Waals surface area contributed by atoms with Crippen molar-refractivity contribution in [2.24, 2.45) is 0 Å². The third-order valence-electron chi connectivity index (χ3n) is 12.5. The van der Waals surface area contributed by atoms with Gasteiger partial charge in [0, 0.05) is 49.3 Å². The molecule has 0 atom stereocenters. The van der Waals surface area contributed by atoms with Crippen LogP contribution in [0.25, 0.3) is 121 Å². The van der Waals surface area contributed by atoms with Crippen LogP contribution in [0.1, 0.15) is 0 Å². The molecule has 0 unspecified atom stereocenters. The maximum atomic E-state index is 5.36. The highest BCUT2D eigenvalue weighted by Gasteiger charge is 2.20. The van der Waals surface area contributed by atoms with E-state index >= 15 is 0 Å². The Kier molecular flexibility index (Phi) is 7.54. The first-order chi connectivity index (χ1) is 30.7. The first-order valence-electron chi connectivity index (χ1n) is 21.0. The summed E-state index contributed by atoms with van der Waals surface area (Å²) in [5.74, 6) is 1.87. The molecular weight excluding hydrogens is 755 g/mol. The molecule has 13 rings (SSSR count). The minimum atomic E-state index is 0.618. The number of aromatic nitrogens is 5. The first-order valence-corrected chi connectivity index (χ1v) is 21.0. The van der Waals surface area contributed by atoms with Crippen LogP contribution in [0, 0.1) is 0 Å². The first kappa shape index (κ1) is 34.5. The summed E-state index contributed by atoms with van der Waals surface area (Å²) in [6.07, 6.45) is 0. The molecule has 0 aliphatic heterocycles. The summed E-state index contributed by atoms with van der Waals surface area (Å²) in [5.41, 5.74) is 9.60. The molecule has 0 N–H and O–H groups in total. The highest BCUT2D eigenvalue weighted by molar-refractivity contribution is 6.15. The Balaban J connectivity index is 1.05. The lowest BCUT2D eigenvalue weighted by Crippen LogP contribution is -2.02. The van der Waals surface area contributed by atoms with Crippen molar-refractivity contribution in [3.05, 3.63) is 212 Å². The molecule has 0 fully saturated rings. The maximum absolute atomic E-state index is 5.36. The van der Waals surface area contributed by atoms with Crippen molar-refractivity contribution in [1.82, 2.24) is 24.1 Å². The molecule has 5 nitrogen and oxygen atoms in total. The average Bonchev–Trinajstić information content (AvgIpc) is 3.84. The van der Waals surface area contributed by atoms with Gasteiger partial charge in [-0.2, -0.15) is 0 Å². The zero-order valence-electron chi connectivity index (χ0n) is 33.4. The van der Waals surface area contributed by atoms with Crippen LogP contribution in [0.15, 0.2) is 212 Å². The molecule has 10 aromatic carbocycles. The van der Waals surface area contributed by atoms with E-state index in [9.17, 15) is 0 Å². The van der Waals surface area contributed by atoms with Gasteiger partial charge in [-0.05, 0) is 87.6 Å². The van der Waals surface area contributed by atoms with Crippen molar-refractivity contribution < 1.29 is 0 Å². The second-order valence-electron chi connectivity index (χ2n) is 16.0. The highest BCUT2D eigenvalue weighted by atomic mass is 15.0. The van der Waals surface area contributed by atoms with E-state index in [1.807, 2.05) is 0 Å². The molecule has 0 amide bonds.